The fourth-order valence-electron chi connectivity index (χ4n) is 2.39. The van der Waals surface area contributed by atoms with Crippen LogP contribution >= 0.6 is 11.3 Å². The maximum Gasteiger partial charge on any atom is 0.263 e. The Labute approximate surface area is 115 Å². The second kappa shape index (κ2) is 4.83. The standard InChI is InChI=1S/C14H16N2O2S/c1-8-10(6-7-18-8)16-14(17)13-12(15)9-4-2-3-5-11(9)19-13/h2-5,8,10H,6-7,15H2,1H3,(H,16,17). The zero-order valence-electron chi connectivity index (χ0n) is 10.7. The van der Waals surface area contributed by atoms with Crippen molar-refractivity contribution in [2.45, 2.75) is 25.5 Å². The summed E-state index contributed by atoms with van der Waals surface area (Å²) >= 11 is 1.44. The summed E-state index contributed by atoms with van der Waals surface area (Å²) in [6.45, 7) is 2.68. The quantitative estimate of drug-likeness (QED) is 0.885. The number of nitrogens with two attached hydrogens (primary N) is 1. The first-order valence-electron chi connectivity index (χ1n) is 6.36. The summed E-state index contributed by atoms with van der Waals surface area (Å²) in [4.78, 5) is 12.9. The topological polar surface area (TPSA) is 64.3 Å². The van der Waals surface area contributed by atoms with Gasteiger partial charge in [-0.25, -0.2) is 0 Å². The van der Waals surface area contributed by atoms with Crippen LogP contribution in [0.5, 0.6) is 0 Å². The number of hydrogen-bond acceptors (Lipinski definition) is 4. The number of amides is 1. The summed E-state index contributed by atoms with van der Waals surface area (Å²) in [5.41, 5.74) is 6.64. The van der Waals surface area contributed by atoms with Gasteiger partial charge in [0.15, 0.2) is 0 Å². The van der Waals surface area contributed by atoms with Gasteiger partial charge in [0.2, 0.25) is 0 Å². The molecule has 2 unspecified atom stereocenters. The van der Waals surface area contributed by atoms with Crippen LogP contribution in [0.2, 0.25) is 0 Å². The molecule has 100 valence electrons. The molecule has 4 nitrogen and oxygen atoms in total. The van der Waals surface area contributed by atoms with Crippen LogP contribution in [0.25, 0.3) is 10.1 Å². The van der Waals surface area contributed by atoms with Gasteiger partial charge < -0.3 is 15.8 Å². The van der Waals surface area contributed by atoms with E-state index in [-0.39, 0.29) is 18.1 Å². The molecule has 2 heterocycles. The van der Waals surface area contributed by atoms with E-state index < -0.39 is 0 Å². The van der Waals surface area contributed by atoms with Crippen LogP contribution in [-0.2, 0) is 4.74 Å². The van der Waals surface area contributed by atoms with Gasteiger partial charge in [0, 0.05) is 16.7 Å². The third-order valence-corrected chi connectivity index (χ3v) is 4.72. The zero-order valence-corrected chi connectivity index (χ0v) is 11.5. The lowest BCUT2D eigenvalue weighted by molar-refractivity contribution is 0.0870. The number of carbonyl (C=O) groups is 1. The highest BCUT2D eigenvalue weighted by Crippen LogP contribution is 2.33. The van der Waals surface area contributed by atoms with Crippen molar-refractivity contribution in [3.8, 4) is 0 Å². The largest absolute Gasteiger partial charge is 0.397 e. The predicted molar refractivity (Wildman–Crippen MR) is 77.5 cm³/mol. The van der Waals surface area contributed by atoms with Crippen molar-refractivity contribution < 1.29 is 9.53 Å². The van der Waals surface area contributed by atoms with E-state index in [2.05, 4.69) is 5.32 Å². The van der Waals surface area contributed by atoms with Gasteiger partial charge in [-0.3, -0.25) is 4.79 Å². The minimum absolute atomic E-state index is 0.0690. The normalized spacial score (nSPS) is 22.8. The van der Waals surface area contributed by atoms with Crippen LogP contribution in [0, 0.1) is 0 Å². The van der Waals surface area contributed by atoms with Crippen molar-refractivity contribution in [2.75, 3.05) is 12.3 Å². The van der Waals surface area contributed by atoms with Crippen LogP contribution in [-0.4, -0.2) is 24.7 Å². The van der Waals surface area contributed by atoms with Gasteiger partial charge in [-0.05, 0) is 19.4 Å². The van der Waals surface area contributed by atoms with E-state index in [0.29, 0.717) is 17.2 Å². The number of anilines is 1. The monoisotopic (exact) mass is 276 g/mol. The molecule has 1 fully saturated rings. The van der Waals surface area contributed by atoms with Crippen LogP contribution in [0.4, 0.5) is 5.69 Å². The van der Waals surface area contributed by atoms with Gasteiger partial charge in [-0.2, -0.15) is 0 Å². The van der Waals surface area contributed by atoms with E-state index in [9.17, 15) is 4.79 Å². The summed E-state index contributed by atoms with van der Waals surface area (Å²) in [7, 11) is 0. The van der Waals surface area contributed by atoms with Crippen molar-refractivity contribution in [2.24, 2.45) is 0 Å². The molecule has 2 atom stereocenters. The Kier molecular flexibility index (Phi) is 3.16. The van der Waals surface area contributed by atoms with E-state index in [1.807, 2.05) is 31.2 Å². The lowest BCUT2D eigenvalue weighted by atomic mass is 10.1. The van der Waals surface area contributed by atoms with Crippen molar-refractivity contribution >= 4 is 33.0 Å². The minimum atomic E-state index is -0.0962. The number of nitrogens with one attached hydrogen (secondary N) is 1. The highest BCUT2D eigenvalue weighted by atomic mass is 32.1. The summed E-state index contributed by atoms with van der Waals surface area (Å²) in [6, 6.07) is 7.89. The van der Waals surface area contributed by atoms with E-state index in [1.165, 1.54) is 11.3 Å². The molecule has 1 aliphatic rings. The second-order valence-electron chi connectivity index (χ2n) is 4.79. The van der Waals surface area contributed by atoms with E-state index in [4.69, 9.17) is 10.5 Å². The molecule has 1 amide bonds. The molecule has 0 radical (unpaired) electrons. The summed E-state index contributed by atoms with van der Waals surface area (Å²) < 4.78 is 6.49. The van der Waals surface area contributed by atoms with Gasteiger partial charge in [0.05, 0.1) is 17.8 Å². The highest BCUT2D eigenvalue weighted by Gasteiger charge is 2.27. The molecular weight excluding hydrogens is 260 g/mol. The first kappa shape index (κ1) is 12.4. The fourth-order valence-corrected chi connectivity index (χ4v) is 3.42. The molecule has 1 aliphatic heterocycles. The second-order valence-corrected chi connectivity index (χ2v) is 5.84. The lowest BCUT2D eigenvalue weighted by Gasteiger charge is -2.15. The molecular formula is C14H16N2O2S. The van der Waals surface area contributed by atoms with Gasteiger partial charge in [0.1, 0.15) is 4.88 Å². The SMILES string of the molecule is CC1OCCC1NC(=O)c1sc2ccccc2c1N. The van der Waals surface area contributed by atoms with E-state index in [0.717, 1.165) is 16.5 Å². The molecule has 1 aromatic carbocycles. The van der Waals surface area contributed by atoms with Gasteiger partial charge >= 0.3 is 0 Å². The Hall–Kier alpha value is -1.59. The Morgan fingerprint density at radius 3 is 2.95 bits per heavy atom. The Morgan fingerprint density at radius 2 is 2.26 bits per heavy atom. The van der Waals surface area contributed by atoms with Crippen molar-refractivity contribution in [1.82, 2.24) is 5.32 Å². The third kappa shape index (κ3) is 2.19. The Balaban J connectivity index is 1.87. The Bertz CT molecular complexity index is 623. The van der Waals surface area contributed by atoms with Crippen LogP contribution < -0.4 is 11.1 Å². The molecule has 0 saturated carbocycles. The average molecular weight is 276 g/mol. The predicted octanol–water partition coefficient (Wildman–Crippen LogP) is 2.39. The van der Waals surface area contributed by atoms with Crippen LogP contribution in [0.15, 0.2) is 24.3 Å². The van der Waals surface area contributed by atoms with Crippen molar-refractivity contribution in [1.29, 1.82) is 0 Å². The molecule has 2 aromatic rings. The van der Waals surface area contributed by atoms with Gasteiger partial charge in [-0.15, -0.1) is 11.3 Å². The van der Waals surface area contributed by atoms with E-state index >= 15 is 0 Å². The van der Waals surface area contributed by atoms with E-state index in [1.54, 1.807) is 0 Å². The number of ether oxygens (including phenoxy) is 1. The maximum atomic E-state index is 12.3. The number of fused-ring (bicyclic) bond motifs is 1. The van der Waals surface area contributed by atoms with Crippen LogP contribution in [0.1, 0.15) is 23.0 Å². The average Bonchev–Trinajstić information content (AvgIpc) is 2.95. The molecule has 19 heavy (non-hydrogen) atoms. The number of carbonyl (C=O) groups excluding carboxylic acids is 1. The molecule has 1 saturated heterocycles. The summed E-state index contributed by atoms with van der Waals surface area (Å²) in [6.07, 6.45) is 0.928. The number of benzene rings is 1. The first-order chi connectivity index (χ1) is 9.16. The minimum Gasteiger partial charge on any atom is -0.397 e. The Morgan fingerprint density at radius 1 is 1.47 bits per heavy atom. The molecule has 3 rings (SSSR count). The zero-order chi connectivity index (χ0) is 13.4. The molecule has 0 bridgehead atoms. The third-order valence-electron chi connectivity index (χ3n) is 3.53. The van der Waals surface area contributed by atoms with Crippen molar-refractivity contribution in [3.05, 3.63) is 29.1 Å². The summed E-state index contributed by atoms with van der Waals surface area (Å²) in [5, 5.41) is 3.97. The molecule has 1 aromatic heterocycles. The van der Waals surface area contributed by atoms with Crippen LogP contribution in [0.3, 0.4) is 0 Å². The van der Waals surface area contributed by atoms with Crippen molar-refractivity contribution in [3.63, 3.8) is 0 Å². The lowest BCUT2D eigenvalue weighted by Crippen LogP contribution is -2.39. The molecule has 0 aliphatic carbocycles. The van der Waals surface area contributed by atoms with Gasteiger partial charge in [-0.1, -0.05) is 18.2 Å². The maximum absolute atomic E-state index is 12.3. The molecule has 0 spiro atoms. The number of rotatable bonds is 2. The fraction of sp³-hybridized carbons (Fsp3) is 0.357. The smallest absolute Gasteiger partial charge is 0.263 e. The summed E-state index contributed by atoms with van der Waals surface area (Å²) in [5.74, 6) is -0.0962. The molecule has 5 heteroatoms. The number of nitrogen functional groups attached to an aromatic ring is 1. The number of thiophene rings is 1. The first-order valence-corrected chi connectivity index (χ1v) is 7.18. The van der Waals surface area contributed by atoms with Gasteiger partial charge in [0.25, 0.3) is 5.91 Å². The molecule has 3 N–H and O–H groups in total. The highest BCUT2D eigenvalue weighted by molar-refractivity contribution is 7.21. The number of hydrogen-bond donors (Lipinski definition) is 2.